The molecule has 0 unspecified atom stereocenters. The molecule has 0 amide bonds. The standard InChI is InChI=1S/C6H10N2O/c7-6-4-8(5-6)2-1-3-9/h1-3,6H,4-5,7H2. The van der Waals surface area contributed by atoms with Crippen molar-refractivity contribution in [1.29, 1.82) is 0 Å². The van der Waals surface area contributed by atoms with E-state index >= 15 is 0 Å². The van der Waals surface area contributed by atoms with Crippen LogP contribution in [0.25, 0.3) is 0 Å². The number of carbonyl (C=O) groups is 1. The van der Waals surface area contributed by atoms with Crippen LogP contribution in [0.1, 0.15) is 0 Å². The molecule has 9 heavy (non-hydrogen) atoms. The second-order valence-corrected chi connectivity index (χ2v) is 2.19. The molecule has 1 saturated heterocycles. The monoisotopic (exact) mass is 126 g/mol. The number of hydrogen-bond acceptors (Lipinski definition) is 3. The van der Waals surface area contributed by atoms with Gasteiger partial charge in [-0.2, -0.15) is 0 Å². The Kier molecular flexibility index (Phi) is 1.85. The summed E-state index contributed by atoms with van der Waals surface area (Å²) in [4.78, 5) is 11.8. The summed E-state index contributed by atoms with van der Waals surface area (Å²) in [5, 5.41) is 0. The molecule has 2 N–H and O–H groups in total. The molecule has 0 aromatic carbocycles. The van der Waals surface area contributed by atoms with Gasteiger partial charge in [0.15, 0.2) is 0 Å². The number of hydrogen-bond donors (Lipinski definition) is 1. The summed E-state index contributed by atoms with van der Waals surface area (Å²) < 4.78 is 0. The molecule has 0 atom stereocenters. The number of carbonyl (C=O) groups excluding carboxylic acids is 1. The van der Waals surface area contributed by atoms with Gasteiger partial charge in [-0.05, 0) is 6.08 Å². The first-order valence-corrected chi connectivity index (χ1v) is 2.94. The zero-order chi connectivity index (χ0) is 6.69. The lowest BCUT2D eigenvalue weighted by Crippen LogP contribution is -2.52. The van der Waals surface area contributed by atoms with E-state index in [2.05, 4.69) is 0 Å². The molecule has 1 fully saturated rings. The molecule has 1 rings (SSSR count). The number of allylic oxidation sites excluding steroid dienone is 1. The van der Waals surface area contributed by atoms with Gasteiger partial charge in [0.2, 0.25) is 0 Å². The van der Waals surface area contributed by atoms with Gasteiger partial charge in [-0.15, -0.1) is 0 Å². The third-order valence-corrected chi connectivity index (χ3v) is 1.31. The van der Waals surface area contributed by atoms with Gasteiger partial charge < -0.3 is 10.6 Å². The molecule has 0 saturated carbocycles. The van der Waals surface area contributed by atoms with Crippen LogP contribution in [0.5, 0.6) is 0 Å². The van der Waals surface area contributed by atoms with Crippen molar-refractivity contribution in [2.75, 3.05) is 13.1 Å². The average molecular weight is 126 g/mol. The minimum Gasteiger partial charge on any atom is -0.374 e. The first-order chi connectivity index (χ1) is 4.33. The van der Waals surface area contributed by atoms with E-state index in [1.165, 1.54) is 6.08 Å². The highest BCUT2D eigenvalue weighted by Gasteiger charge is 2.18. The summed E-state index contributed by atoms with van der Waals surface area (Å²) in [6.07, 6.45) is 4.01. The SMILES string of the molecule is NC1CN(C=CC=O)C1. The summed E-state index contributed by atoms with van der Waals surface area (Å²) in [5.41, 5.74) is 5.48. The maximum Gasteiger partial charge on any atom is 0.144 e. The molecule has 0 aromatic rings. The maximum atomic E-state index is 9.79. The summed E-state index contributed by atoms with van der Waals surface area (Å²) in [7, 11) is 0. The number of rotatable bonds is 2. The molecule has 50 valence electrons. The lowest BCUT2D eigenvalue weighted by atomic mass is 10.1. The fraction of sp³-hybridized carbons (Fsp3) is 0.500. The van der Waals surface area contributed by atoms with E-state index in [1.807, 2.05) is 4.90 Å². The molecule has 1 aliphatic heterocycles. The van der Waals surface area contributed by atoms with Crippen molar-refractivity contribution in [2.45, 2.75) is 6.04 Å². The molecule has 1 heterocycles. The van der Waals surface area contributed by atoms with Crippen LogP contribution < -0.4 is 5.73 Å². The highest BCUT2D eigenvalue weighted by atomic mass is 16.1. The second kappa shape index (κ2) is 2.64. The van der Waals surface area contributed by atoms with Crippen molar-refractivity contribution < 1.29 is 4.79 Å². The number of nitrogens with zero attached hydrogens (tertiary/aromatic N) is 1. The van der Waals surface area contributed by atoms with E-state index < -0.39 is 0 Å². The van der Waals surface area contributed by atoms with Crippen molar-refractivity contribution in [1.82, 2.24) is 4.90 Å². The Morgan fingerprint density at radius 3 is 2.67 bits per heavy atom. The van der Waals surface area contributed by atoms with Gasteiger partial charge in [0.1, 0.15) is 6.29 Å². The molecule has 1 aliphatic rings. The molecule has 0 bridgehead atoms. The quantitative estimate of drug-likeness (QED) is 0.395. The van der Waals surface area contributed by atoms with Crippen LogP contribution in [0.3, 0.4) is 0 Å². The second-order valence-electron chi connectivity index (χ2n) is 2.19. The van der Waals surface area contributed by atoms with Gasteiger partial charge in [0.05, 0.1) is 0 Å². The molecule has 3 nitrogen and oxygen atoms in total. The highest BCUT2D eigenvalue weighted by Crippen LogP contribution is 2.03. The summed E-state index contributed by atoms with van der Waals surface area (Å²) >= 11 is 0. The third kappa shape index (κ3) is 1.54. The van der Waals surface area contributed by atoms with E-state index in [-0.39, 0.29) is 0 Å². The lowest BCUT2D eigenvalue weighted by molar-refractivity contribution is -0.104. The molecule has 0 aliphatic carbocycles. The summed E-state index contributed by atoms with van der Waals surface area (Å²) in [6.45, 7) is 1.76. The van der Waals surface area contributed by atoms with Crippen LogP contribution in [0.2, 0.25) is 0 Å². The summed E-state index contributed by atoms with van der Waals surface area (Å²) in [5.74, 6) is 0. The topological polar surface area (TPSA) is 46.3 Å². The number of likely N-dealkylation sites (tertiary alicyclic amines) is 1. The Hall–Kier alpha value is -0.830. The first kappa shape index (κ1) is 6.29. The maximum absolute atomic E-state index is 9.79. The molecule has 0 aromatic heterocycles. The number of nitrogens with two attached hydrogens (primary N) is 1. The summed E-state index contributed by atoms with van der Waals surface area (Å²) in [6, 6.07) is 0.307. The largest absolute Gasteiger partial charge is 0.374 e. The van der Waals surface area contributed by atoms with E-state index in [0.29, 0.717) is 6.04 Å². The van der Waals surface area contributed by atoms with Crippen molar-refractivity contribution in [3.63, 3.8) is 0 Å². The van der Waals surface area contributed by atoms with Crippen molar-refractivity contribution in [3.05, 3.63) is 12.3 Å². The van der Waals surface area contributed by atoms with Gasteiger partial charge in [0, 0.05) is 25.3 Å². The van der Waals surface area contributed by atoms with Crippen LogP contribution in [-0.4, -0.2) is 30.3 Å². The third-order valence-electron chi connectivity index (χ3n) is 1.31. The predicted octanol–water partition coefficient (Wildman–Crippen LogP) is -0.658. The Bertz CT molecular complexity index is 127. The zero-order valence-electron chi connectivity index (χ0n) is 5.16. The fourth-order valence-electron chi connectivity index (χ4n) is 0.828. The van der Waals surface area contributed by atoms with Crippen molar-refractivity contribution in [2.24, 2.45) is 5.73 Å². The average Bonchev–Trinajstić information content (AvgIpc) is 1.78. The van der Waals surface area contributed by atoms with Crippen LogP contribution in [0, 0.1) is 0 Å². The van der Waals surface area contributed by atoms with Gasteiger partial charge in [-0.3, -0.25) is 4.79 Å². The molecular formula is C6H10N2O. The van der Waals surface area contributed by atoms with Gasteiger partial charge in [0.25, 0.3) is 0 Å². The van der Waals surface area contributed by atoms with Crippen LogP contribution >= 0.6 is 0 Å². The van der Waals surface area contributed by atoms with Gasteiger partial charge >= 0.3 is 0 Å². The van der Waals surface area contributed by atoms with Crippen molar-refractivity contribution >= 4 is 6.29 Å². The Morgan fingerprint density at radius 1 is 1.56 bits per heavy atom. The smallest absolute Gasteiger partial charge is 0.144 e. The Balaban J connectivity index is 2.17. The molecular weight excluding hydrogens is 116 g/mol. The number of aldehydes is 1. The van der Waals surface area contributed by atoms with Crippen molar-refractivity contribution in [3.8, 4) is 0 Å². The first-order valence-electron chi connectivity index (χ1n) is 2.94. The zero-order valence-corrected chi connectivity index (χ0v) is 5.16. The van der Waals surface area contributed by atoms with E-state index in [9.17, 15) is 4.79 Å². The Morgan fingerprint density at radius 2 is 2.22 bits per heavy atom. The molecule has 3 heteroatoms. The van der Waals surface area contributed by atoms with E-state index in [4.69, 9.17) is 5.73 Å². The van der Waals surface area contributed by atoms with E-state index in [0.717, 1.165) is 19.4 Å². The normalized spacial score (nSPS) is 20.3. The van der Waals surface area contributed by atoms with Gasteiger partial charge in [-0.25, -0.2) is 0 Å². The van der Waals surface area contributed by atoms with Crippen LogP contribution in [-0.2, 0) is 4.79 Å². The highest BCUT2D eigenvalue weighted by molar-refractivity contribution is 5.64. The predicted molar refractivity (Wildman–Crippen MR) is 34.8 cm³/mol. The molecule has 0 radical (unpaired) electrons. The minimum atomic E-state index is 0.307. The lowest BCUT2D eigenvalue weighted by Gasteiger charge is -2.35. The minimum absolute atomic E-state index is 0.307. The van der Waals surface area contributed by atoms with Crippen LogP contribution in [0.15, 0.2) is 12.3 Å². The Labute approximate surface area is 54.1 Å². The fourth-order valence-corrected chi connectivity index (χ4v) is 0.828. The van der Waals surface area contributed by atoms with Gasteiger partial charge in [-0.1, -0.05) is 0 Å². The molecule has 0 spiro atoms. The van der Waals surface area contributed by atoms with Crippen LogP contribution in [0.4, 0.5) is 0 Å². The van der Waals surface area contributed by atoms with E-state index in [1.54, 1.807) is 6.20 Å².